The van der Waals surface area contributed by atoms with E-state index in [1.165, 1.54) is 0 Å². The maximum absolute atomic E-state index is 5.79. The molecule has 1 fully saturated rings. The van der Waals surface area contributed by atoms with Crippen molar-refractivity contribution >= 4 is 23.0 Å². The molecule has 2 heterocycles. The van der Waals surface area contributed by atoms with Gasteiger partial charge in [0.05, 0.1) is 5.56 Å². The van der Waals surface area contributed by atoms with Crippen LogP contribution in [0.3, 0.4) is 0 Å². The number of nitrogens with zero attached hydrogens (tertiary/aromatic N) is 2. The zero-order chi connectivity index (χ0) is 13.8. The molecular formula is C14H21N3OS. The van der Waals surface area contributed by atoms with Crippen molar-refractivity contribution < 1.29 is 4.74 Å². The second-order valence-electron chi connectivity index (χ2n) is 5.07. The summed E-state index contributed by atoms with van der Waals surface area (Å²) in [6, 6.07) is 3.93. The Hall–Kier alpha value is -1.20. The third-order valence-corrected chi connectivity index (χ3v) is 3.82. The van der Waals surface area contributed by atoms with Gasteiger partial charge < -0.3 is 15.4 Å². The first-order valence-corrected chi connectivity index (χ1v) is 7.04. The lowest BCUT2D eigenvalue weighted by Crippen LogP contribution is -2.37. The van der Waals surface area contributed by atoms with Crippen molar-refractivity contribution in [2.75, 3.05) is 31.7 Å². The van der Waals surface area contributed by atoms with Gasteiger partial charge in [-0.25, -0.2) is 4.98 Å². The third-order valence-electron chi connectivity index (χ3n) is 3.60. The number of piperidine rings is 1. The fraction of sp³-hybridized carbons (Fsp3) is 0.571. The Morgan fingerprint density at radius 2 is 2.16 bits per heavy atom. The molecule has 1 aromatic heterocycles. The van der Waals surface area contributed by atoms with Gasteiger partial charge in [0, 0.05) is 32.5 Å². The number of nitrogens with two attached hydrogens (primary N) is 1. The van der Waals surface area contributed by atoms with E-state index >= 15 is 0 Å². The minimum Gasteiger partial charge on any atom is -0.389 e. The molecular weight excluding hydrogens is 258 g/mol. The molecule has 1 saturated heterocycles. The summed E-state index contributed by atoms with van der Waals surface area (Å²) in [5.41, 5.74) is 7.67. The summed E-state index contributed by atoms with van der Waals surface area (Å²) in [4.78, 5) is 7.32. The number of anilines is 1. The van der Waals surface area contributed by atoms with Gasteiger partial charge in [-0.2, -0.15) is 0 Å². The molecule has 5 heteroatoms. The molecule has 2 rings (SSSR count). The van der Waals surface area contributed by atoms with E-state index in [0.717, 1.165) is 49.6 Å². The molecule has 0 saturated carbocycles. The average Bonchev–Trinajstić information content (AvgIpc) is 2.39. The summed E-state index contributed by atoms with van der Waals surface area (Å²) >= 11 is 5.12. The average molecular weight is 279 g/mol. The van der Waals surface area contributed by atoms with E-state index in [4.69, 9.17) is 22.7 Å². The fourth-order valence-electron chi connectivity index (χ4n) is 2.52. The second kappa shape index (κ2) is 6.30. The van der Waals surface area contributed by atoms with Gasteiger partial charge in [0.15, 0.2) is 0 Å². The van der Waals surface area contributed by atoms with E-state index < -0.39 is 0 Å². The topological polar surface area (TPSA) is 51.4 Å². The van der Waals surface area contributed by atoms with E-state index in [1.54, 1.807) is 7.11 Å². The van der Waals surface area contributed by atoms with E-state index in [9.17, 15) is 0 Å². The molecule has 0 spiro atoms. The van der Waals surface area contributed by atoms with Crippen LogP contribution in [0.4, 0.5) is 5.82 Å². The molecule has 1 aromatic rings. The number of methoxy groups -OCH3 is 1. The molecule has 0 aromatic carbocycles. The minimum atomic E-state index is 0.418. The van der Waals surface area contributed by atoms with Crippen molar-refractivity contribution in [1.29, 1.82) is 0 Å². The molecule has 0 atom stereocenters. The van der Waals surface area contributed by atoms with E-state index in [1.807, 2.05) is 19.1 Å². The van der Waals surface area contributed by atoms with Gasteiger partial charge in [-0.3, -0.25) is 0 Å². The quantitative estimate of drug-likeness (QED) is 0.853. The number of pyridine rings is 1. The Morgan fingerprint density at radius 1 is 1.47 bits per heavy atom. The lowest BCUT2D eigenvalue weighted by molar-refractivity contribution is 0.139. The SMILES string of the molecule is COCC1CCN(c2nc(C)ccc2C(N)=S)CC1. The van der Waals surface area contributed by atoms with Crippen molar-refractivity contribution in [1.82, 2.24) is 4.98 Å². The highest BCUT2D eigenvalue weighted by Crippen LogP contribution is 2.25. The van der Waals surface area contributed by atoms with Crippen LogP contribution < -0.4 is 10.6 Å². The van der Waals surface area contributed by atoms with Crippen LogP contribution in [0.15, 0.2) is 12.1 Å². The van der Waals surface area contributed by atoms with Crippen molar-refractivity contribution in [2.45, 2.75) is 19.8 Å². The standard InChI is InChI=1S/C14H21N3OS/c1-10-3-4-12(13(15)19)14(16-10)17-7-5-11(6-8-17)9-18-2/h3-4,11H,5-9H2,1-2H3,(H2,15,19). The largest absolute Gasteiger partial charge is 0.389 e. The van der Waals surface area contributed by atoms with Gasteiger partial charge >= 0.3 is 0 Å². The van der Waals surface area contributed by atoms with Gasteiger partial charge in [-0.15, -0.1) is 0 Å². The summed E-state index contributed by atoms with van der Waals surface area (Å²) in [6.07, 6.45) is 2.25. The van der Waals surface area contributed by atoms with Crippen LogP contribution in [0.25, 0.3) is 0 Å². The molecule has 0 amide bonds. The highest BCUT2D eigenvalue weighted by Gasteiger charge is 2.22. The second-order valence-corrected chi connectivity index (χ2v) is 5.51. The van der Waals surface area contributed by atoms with E-state index in [0.29, 0.717) is 10.9 Å². The first-order chi connectivity index (χ1) is 9.11. The lowest BCUT2D eigenvalue weighted by Gasteiger charge is -2.33. The molecule has 1 aliphatic rings. The van der Waals surface area contributed by atoms with Gasteiger partial charge in [0.1, 0.15) is 10.8 Å². The number of rotatable bonds is 4. The van der Waals surface area contributed by atoms with Crippen LogP contribution >= 0.6 is 12.2 Å². The zero-order valence-corrected chi connectivity index (χ0v) is 12.4. The molecule has 1 aliphatic heterocycles. The Balaban J connectivity index is 2.14. The lowest BCUT2D eigenvalue weighted by atomic mass is 9.97. The van der Waals surface area contributed by atoms with Gasteiger partial charge in [0.2, 0.25) is 0 Å². The van der Waals surface area contributed by atoms with Crippen LogP contribution in [-0.2, 0) is 4.74 Å². The van der Waals surface area contributed by atoms with Crippen molar-refractivity contribution in [2.24, 2.45) is 11.7 Å². The highest BCUT2D eigenvalue weighted by molar-refractivity contribution is 7.80. The highest BCUT2D eigenvalue weighted by atomic mass is 32.1. The number of hydrogen-bond acceptors (Lipinski definition) is 4. The minimum absolute atomic E-state index is 0.418. The van der Waals surface area contributed by atoms with E-state index in [2.05, 4.69) is 9.88 Å². The smallest absolute Gasteiger partial charge is 0.139 e. The normalized spacial score (nSPS) is 16.6. The first-order valence-electron chi connectivity index (χ1n) is 6.63. The maximum atomic E-state index is 5.79. The predicted molar refractivity (Wildman–Crippen MR) is 81.7 cm³/mol. The molecule has 104 valence electrons. The summed E-state index contributed by atoms with van der Waals surface area (Å²) < 4.78 is 5.23. The summed E-state index contributed by atoms with van der Waals surface area (Å²) in [5.74, 6) is 1.59. The first kappa shape index (κ1) is 14.2. The number of thiocarbonyl (C=S) groups is 1. The predicted octanol–water partition coefficient (Wildman–Crippen LogP) is 1.89. The Morgan fingerprint density at radius 3 is 2.74 bits per heavy atom. The number of ether oxygens (including phenoxy) is 1. The number of hydrogen-bond donors (Lipinski definition) is 1. The van der Waals surface area contributed by atoms with Crippen LogP contribution in [-0.4, -0.2) is 36.8 Å². The monoisotopic (exact) mass is 279 g/mol. The Bertz CT molecular complexity index is 456. The molecule has 19 heavy (non-hydrogen) atoms. The molecule has 0 aliphatic carbocycles. The van der Waals surface area contributed by atoms with Gasteiger partial charge in [-0.05, 0) is 37.8 Å². The molecule has 0 bridgehead atoms. The molecule has 0 radical (unpaired) electrons. The van der Waals surface area contributed by atoms with Crippen LogP contribution in [0.1, 0.15) is 24.1 Å². The maximum Gasteiger partial charge on any atom is 0.139 e. The van der Waals surface area contributed by atoms with E-state index in [-0.39, 0.29) is 0 Å². The number of aryl methyl sites for hydroxylation is 1. The zero-order valence-electron chi connectivity index (χ0n) is 11.6. The molecule has 0 unspecified atom stereocenters. The van der Waals surface area contributed by atoms with Crippen molar-refractivity contribution in [3.63, 3.8) is 0 Å². The molecule has 2 N–H and O–H groups in total. The van der Waals surface area contributed by atoms with Crippen LogP contribution in [0, 0.1) is 12.8 Å². The summed E-state index contributed by atoms with van der Waals surface area (Å²) in [5, 5.41) is 0. The summed E-state index contributed by atoms with van der Waals surface area (Å²) in [6.45, 7) is 4.81. The van der Waals surface area contributed by atoms with Crippen molar-refractivity contribution in [3.05, 3.63) is 23.4 Å². The summed E-state index contributed by atoms with van der Waals surface area (Å²) in [7, 11) is 1.76. The van der Waals surface area contributed by atoms with Gasteiger partial charge in [-0.1, -0.05) is 12.2 Å². The van der Waals surface area contributed by atoms with Crippen LogP contribution in [0.2, 0.25) is 0 Å². The van der Waals surface area contributed by atoms with Crippen LogP contribution in [0.5, 0.6) is 0 Å². The van der Waals surface area contributed by atoms with Crippen molar-refractivity contribution in [3.8, 4) is 0 Å². The van der Waals surface area contributed by atoms with Gasteiger partial charge in [0.25, 0.3) is 0 Å². The number of aromatic nitrogens is 1. The Kier molecular flexibility index (Phi) is 4.71. The fourth-order valence-corrected chi connectivity index (χ4v) is 2.68. The molecule has 4 nitrogen and oxygen atoms in total. The third kappa shape index (κ3) is 3.42. The Labute approximate surface area is 120 Å².